The Bertz CT molecular complexity index is 1010. The third kappa shape index (κ3) is 4.58. The number of nitrogens with one attached hydrogen (secondary N) is 1. The van der Waals surface area contributed by atoms with Gasteiger partial charge in [0.2, 0.25) is 0 Å². The van der Waals surface area contributed by atoms with Gasteiger partial charge >= 0.3 is 0 Å². The highest BCUT2D eigenvalue weighted by atomic mass is 35.5. The van der Waals surface area contributed by atoms with Gasteiger partial charge in [-0.3, -0.25) is 9.69 Å². The maximum Gasteiger partial charge on any atom is 0.255 e. The second kappa shape index (κ2) is 9.02. The first kappa shape index (κ1) is 20.6. The molecule has 0 saturated carbocycles. The highest BCUT2D eigenvalue weighted by Crippen LogP contribution is 2.20. The quantitative estimate of drug-likeness (QED) is 0.656. The van der Waals surface area contributed by atoms with E-state index in [2.05, 4.69) is 27.4 Å². The number of carbonyl (C=O) groups excluding carboxylic acids is 1. The third-order valence-electron chi connectivity index (χ3n) is 5.76. The molecule has 5 nitrogen and oxygen atoms in total. The first-order valence-corrected chi connectivity index (χ1v) is 10.8. The minimum atomic E-state index is -0.0247. The molecule has 1 aromatic heterocycles. The molecular formula is C24H27ClN4O. The minimum Gasteiger partial charge on any atom is -0.349 e. The van der Waals surface area contributed by atoms with E-state index in [1.807, 2.05) is 61.0 Å². The first-order valence-electron chi connectivity index (χ1n) is 10.4. The SMILES string of the molecule is Cc1nn(-c2ccccc2)c(C)c1C(=O)NC1CCN(Cc2ccc(Cl)cc2)CC1. The molecule has 0 atom stereocenters. The van der Waals surface area contributed by atoms with Crippen LogP contribution in [0.25, 0.3) is 5.69 Å². The van der Waals surface area contributed by atoms with Gasteiger partial charge in [0.1, 0.15) is 0 Å². The predicted octanol–water partition coefficient (Wildman–Crippen LogP) is 4.54. The number of para-hydroxylation sites is 1. The number of aryl methyl sites for hydroxylation is 1. The van der Waals surface area contributed by atoms with Crippen LogP contribution < -0.4 is 5.32 Å². The summed E-state index contributed by atoms with van der Waals surface area (Å²) in [5.41, 5.74) is 4.54. The number of rotatable bonds is 5. The molecule has 1 aliphatic rings. The molecule has 1 N–H and O–H groups in total. The lowest BCUT2D eigenvalue weighted by atomic mass is 10.0. The van der Waals surface area contributed by atoms with Crippen molar-refractivity contribution in [1.82, 2.24) is 20.0 Å². The highest BCUT2D eigenvalue weighted by Gasteiger charge is 2.25. The summed E-state index contributed by atoms with van der Waals surface area (Å²) in [7, 11) is 0. The lowest BCUT2D eigenvalue weighted by Gasteiger charge is -2.32. The smallest absolute Gasteiger partial charge is 0.255 e. The molecule has 1 fully saturated rings. The molecule has 2 aromatic carbocycles. The van der Waals surface area contributed by atoms with Gasteiger partial charge in [-0.25, -0.2) is 4.68 Å². The van der Waals surface area contributed by atoms with Crippen molar-refractivity contribution >= 4 is 17.5 Å². The molecule has 156 valence electrons. The summed E-state index contributed by atoms with van der Waals surface area (Å²) in [5, 5.41) is 8.60. The van der Waals surface area contributed by atoms with Crippen LogP contribution in [0, 0.1) is 13.8 Å². The van der Waals surface area contributed by atoms with Crippen LogP contribution in [0.15, 0.2) is 54.6 Å². The van der Waals surface area contributed by atoms with Crippen LogP contribution in [0.4, 0.5) is 0 Å². The fraction of sp³-hybridized carbons (Fsp3) is 0.333. The van der Waals surface area contributed by atoms with Gasteiger partial charge in [-0.05, 0) is 56.5 Å². The average Bonchev–Trinajstić information content (AvgIpc) is 3.06. The van der Waals surface area contributed by atoms with E-state index in [0.29, 0.717) is 5.56 Å². The van der Waals surface area contributed by atoms with Crippen molar-refractivity contribution in [3.05, 3.63) is 82.1 Å². The van der Waals surface area contributed by atoms with Gasteiger partial charge in [0.25, 0.3) is 5.91 Å². The number of halogens is 1. The number of hydrogen-bond donors (Lipinski definition) is 1. The largest absolute Gasteiger partial charge is 0.349 e. The number of amides is 1. The Morgan fingerprint density at radius 2 is 1.73 bits per heavy atom. The second-order valence-corrected chi connectivity index (χ2v) is 8.38. The van der Waals surface area contributed by atoms with Gasteiger partial charge < -0.3 is 5.32 Å². The second-order valence-electron chi connectivity index (χ2n) is 7.94. The van der Waals surface area contributed by atoms with E-state index in [1.165, 1.54) is 5.56 Å². The van der Waals surface area contributed by atoms with Gasteiger partial charge in [-0.15, -0.1) is 0 Å². The lowest BCUT2D eigenvalue weighted by molar-refractivity contribution is 0.0907. The normalized spacial score (nSPS) is 15.3. The molecule has 0 radical (unpaired) electrons. The van der Waals surface area contributed by atoms with Crippen LogP contribution in [0.3, 0.4) is 0 Å². The van der Waals surface area contributed by atoms with Gasteiger partial charge in [0.15, 0.2) is 0 Å². The molecule has 30 heavy (non-hydrogen) atoms. The van der Waals surface area contributed by atoms with Crippen molar-refractivity contribution in [2.45, 2.75) is 39.3 Å². The number of nitrogens with zero attached hydrogens (tertiary/aromatic N) is 3. The Balaban J connectivity index is 1.36. The summed E-state index contributed by atoms with van der Waals surface area (Å²) < 4.78 is 1.85. The van der Waals surface area contributed by atoms with Crippen LogP contribution in [-0.4, -0.2) is 39.7 Å². The van der Waals surface area contributed by atoms with Gasteiger partial charge in [0.05, 0.1) is 22.6 Å². The fourth-order valence-corrected chi connectivity index (χ4v) is 4.26. The van der Waals surface area contributed by atoms with Crippen molar-refractivity contribution in [2.75, 3.05) is 13.1 Å². The van der Waals surface area contributed by atoms with Crippen LogP contribution in [0.5, 0.6) is 0 Å². The van der Waals surface area contributed by atoms with E-state index >= 15 is 0 Å². The lowest BCUT2D eigenvalue weighted by Crippen LogP contribution is -2.44. The Labute approximate surface area is 182 Å². The fourth-order valence-electron chi connectivity index (χ4n) is 4.13. The molecule has 1 aliphatic heterocycles. The number of benzene rings is 2. The van der Waals surface area contributed by atoms with E-state index in [4.69, 9.17) is 11.6 Å². The van der Waals surface area contributed by atoms with E-state index in [-0.39, 0.29) is 11.9 Å². The molecule has 0 aliphatic carbocycles. The third-order valence-corrected chi connectivity index (χ3v) is 6.01. The summed E-state index contributed by atoms with van der Waals surface area (Å²) in [6.07, 6.45) is 1.90. The Hall–Kier alpha value is -2.63. The molecule has 1 saturated heterocycles. The van der Waals surface area contributed by atoms with E-state index in [1.54, 1.807) is 0 Å². The number of hydrogen-bond acceptors (Lipinski definition) is 3. The molecule has 0 bridgehead atoms. The summed E-state index contributed by atoms with van der Waals surface area (Å²) in [6.45, 7) is 6.70. The van der Waals surface area contributed by atoms with Crippen molar-refractivity contribution < 1.29 is 4.79 Å². The highest BCUT2D eigenvalue weighted by molar-refractivity contribution is 6.30. The monoisotopic (exact) mass is 422 g/mol. The number of likely N-dealkylation sites (tertiary alicyclic amines) is 1. The van der Waals surface area contributed by atoms with E-state index < -0.39 is 0 Å². The zero-order valence-electron chi connectivity index (χ0n) is 17.4. The number of carbonyl (C=O) groups is 1. The van der Waals surface area contributed by atoms with Gasteiger partial charge in [-0.2, -0.15) is 5.10 Å². The van der Waals surface area contributed by atoms with Crippen LogP contribution in [0.1, 0.15) is 40.2 Å². The van der Waals surface area contributed by atoms with Crippen LogP contribution in [-0.2, 0) is 6.54 Å². The maximum atomic E-state index is 13.0. The Kier molecular flexibility index (Phi) is 6.21. The summed E-state index contributed by atoms with van der Waals surface area (Å²) >= 11 is 5.97. The minimum absolute atomic E-state index is 0.0247. The Morgan fingerprint density at radius 1 is 1.07 bits per heavy atom. The van der Waals surface area contributed by atoms with Crippen molar-refractivity contribution in [3.63, 3.8) is 0 Å². The maximum absolute atomic E-state index is 13.0. The van der Waals surface area contributed by atoms with E-state index in [0.717, 1.165) is 54.6 Å². The summed E-state index contributed by atoms with van der Waals surface area (Å²) in [5.74, 6) is -0.0247. The number of piperidine rings is 1. The van der Waals surface area contributed by atoms with Crippen molar-refractivity contribution in [1.29, 1.82) is 0 Å². The first-order chi connectivity index (χ1) is 14.5. The van der Waals surface area contributed by atoms with Crippen LogP contribution in [0.2, 0.25) is 5.02 Å². The van der Waals surface area contributed by atoms with Crippen molar-refractivity contribution in [3.8, 4) is 5.69 Å². The predicted molar refractivity (Wildman–Crippen MR) is 120 cm³/mol. The summed E-state index contributed by atoms with van der Waals surface area (Å²) in [4.78, 5) is 15.4. The molecule has 0 unspecified atom stereocenters. The Morgan fingerprint density at radius 3 is 2.40 bits per heavy atom. The zero-order chi connectivity index (χ0) is 21.1. The molecule has 0 spiro atoms. The summed E-state index contributed by atoms with van der Waals surface area (Å²) in [6, 6.07) is 18.1. The molecule has 1 amide bonds. The van der Waals surface area contributed by atoms with Gasteiger partial charge in [-0.1, -0.05) is 41.9 Å². The number of aromatic nitrogens is 2. The van der Waals surface area contributed by atoms with Crippen molar-refractivity contribution in [2.24, 2.45) is 0 Å². The zero-order valence-corrected chi connectivity index (χ0v) is 18.2. The van der Waals surface area contributed by atoms with E-state index in [9.17, 15) is 4.79 Å². The molecular weight excluding hydrogens is 396 g/mol. The average molecular weight is 423 g/mol. The topological polar surface area (TPSA) is 50.2 Å². The van der Waals surface area contributed by atoms with Gasteiger partial charge in [0, 0.05) is 30.7 Å². The molecule has 2 heterocycles. The standard InChI is InChI=1S/C24H27ClN4O/c1-17-23(18(2)29(27-17)22-6-4-3-5-7-22)24(30)26-21-12-14-28(15-13-21)16-19-8-10-20(25)11-9-19/h3-11,21H,12-16H2,1-2H3,(H,26,30). The molecule has 6 heteroatoms. The van der Waals surface area contributed by atoms with Crippen LogP contribution >= 0.6 is 11.6 Å². The molecule has 4 rings (SSSR count). The molecule has 3 aromatic rings.